The van der Waals surface area contributed by atoms with Crippen LogP contribution in [0.15, 0.2) is 72.6 Å². The molecule has 4 rings (SSSR count). The van der Waals surface area contributed by atoms with Crippen LogP contribution < -0.4 is 9.59 Å². The smallest absolute Gasteiger partial charge is 0.220 e. The first kappa shape index (κ1) is 13.5. The second kappa shape index (κ2) is 5.23. The van der Waals surface area contributed by atoms with Gasteiger partial charge >= 0.3 is 0 Å². The molecular weight excluding hydrogens is 280 g/mol. The topological polar surface area (TPSA) is 10.3 Å². The molecule has 0 atom stereocenters. The molecule has 0 bridgehead atoms. The van der Waals surface area contributed by atoms with E-state index in [0.29, 0.717) is 6.42 Å². The Morgan fingerprint density at radius 3 is 2.74 bits per heavy atom. The molecule has 0 radical (unpaired) electrons. The van der Waals surface area contributed by atoms with E-state index in [1.807, 2.05) is 22.6 Å². The third kappa shape index (κ3) is 2.15. The zero-order valence-electron chi connectivity index (χ0n) is 12.7. The molecule has 0 spiro atoms. The van der Waals surface area contributed by atoms with Crippen LogP contribution in [-0.4, -0.2) is 0 Å². The van der Waals surface area contributed by atoms with Gasteiger partial charge in [-0.25, -0.2) is 4.85 Å². The highest BCUT2D eigenvalue weighted by Crippen LogP contribution is 2.24. The molecule has 23 heavy (non-hydrogen) atoms. The Bertz CT molecular complexity index is 1160. The maximum Gasteiger partial charge on any atom is 0.220 e. The monoisotopic (exact) mass is 295 g/mol. The van der Waals surface area contributed by atoms with E-state index in [-0.39, 0.29) is 0 Å². The maximum atomic E-state index is 7.26. The Balaban J connectivity index is 2.16. The lowest BCUT2D eigenvalue weighted by molar-refractivity contribution is -0.512. The average Bonchev–Trinajstić information content (AvgIpc) is 2.61. The van der Waals surface area contributed by atoms with Crippen molar-refractivity contribution in [2.45, 2.75) is 6.42 Å². The molecule has 0 amide bonds. The molecule has 1 heterocycles. The van der Waals surface area contributed by atoms with Crippen molar-refractivity contribution < 1.29 is 4.24 Å². The van der Waals surface area contributed by atoms with Crippen LogP contribution in [0.5, 0.6) is 0 Å². The van der Waals surface area contributed by atoms with Crippen molar-refractivity contribution in [2.75, 3.05) is 0 Å². The van der Waals surface area contributed by atoms with Gasteiger partial charge in [0.05, 0.1) is 12.0 Å². The van der Waals surface area contributed by atoms with Crippen LogP contribution >= 0.6 is 0 Å². The lowest BCUT2D eigenvalue weighted by atomic mass is 9.99. The van der Waals surface area contributed by atoms with Crippen molar-refractivity contribution in [3.05, 3.63) is 96.1 Å². The molecule has 0 saturated carbocycles. The van der Waals surface area contributed by atoms with Crippen LogP contribution in [0.4, 0.5) is 0 Å². The quantitative estimate of drug-likeness (QED) is 0.339. The lowest BCUT2D eigenvalue weighted by Gasteiger charge is -2.06. The molecule has 0 saturated heterocycles. The normalized spacial score (nSPS) is 16.4. The Morgan fingerprint density at radius 2 is 1.87 bits per heavy atom. The molecule has 0 N–H and O–H groups in total. The van der Waals surface area contributed by atoms with Crippen LogP contribution in [0.1, 0.15) is 6.42 Å². The predicted octanol–water partition coefficient (Wildman–Crippen LogP) is 3.83. The first-order valence-corrected chi connectivity index (χ1v) is 7.56. The van der Waals surface area contributed by atoms with Gasteiger partial charge in [-0.3, -0.25) is 0 Å². The number of hydrogen-bond acceptors (Lipinski definition) is 0. The average molecular weight is 295 g/mol. The lowest BCUT2D eigenvalue weighted by Crippen LogP contribution is -2.37. The predicted molar refractivity (Wildman–Crippen MR) is 93.9 cm³/mol. The van der Waals surface area contributed by atoms with Crippen molar-refractivity contribution in [1.82, 2.24) is 0 Å². The van der Waals surface area contributed by atoms with Gasteiger partial charge in [0.25, 0.3) is 0 Å². The number of allylic oxidation sites excluding steroid dienone is 4. The number of nitrogens with zero attached hydrogens (tertiary/aromatic N) is 2. The summed E-state index contributed by atoms with van der Waals surface area (Å²) < 4.78 is 1.91. The van der Waals surface area contributed by atoms with E-state index in [4.69, 9.17) is 6.57 Å². The summed E-state index contributed by atoms with van der Waals surface area (Å²) in [6.07, 6.45) is 8.57. The number of fused-ring (bicyclic) bond motifs is 3. The summed E-state index contributed by atoms with van der Waals surface area (Å²) >= 11 is 0. The Labute approximate surface area is 134 Å². The molecule has 2 heteroatoms. The summed E-state index contributed by atoms with van der Waals surface area (Å²) in [5.41, 5.74) is 1.90. The Hall–Kier alpha value is -3.18. The van der Waals surface area contributed by atoms with Gasteiger partial charge in [-0.05, 0) is 16.8 Å². The molecule has 108 valence electrons. The summed E-state index contributed by atoms with van der Waals surface area (Å²) in [5.74, 6) is 0. The number of aromatic nitrogens is 1. The molecule has 0 aliphatic heterocycles. The second-order valence-corrected chi connectivity index (χ2v) is 5.71. The van der Waals surface area contributed by atoms with E-state index in [9.17, 15) is 0 Å². The first-order valence-electron chi connectivity index (χ1n) is 7.56. The zero-order chi connectivity index (χ0) is 15.8. The van der Waals surface area contributed by atoms with E-state index >= 15 is 0 Å². The van der Waals surface area contributed by atoms with Gasteiger partial charge in [-0.1, -0.05) is 48.6 Å². The summed E-state index contributed by atoms with van der Waals surface area (Å²) in [4.78, 5) is 3.59. The molecule has 0 fully saturated rings. The number of hydrogen-bond donors (Lipinski definition) is 0. The standard InChI is InChI=1S/C21H15N2/c1-22-17-8-5-7-16(14-17)21-20-11-10-15-6-3-4-9-18(15)19(20)12-13-23(21)2/h3-13H,2,14H2/q+1. The molecule has 1 aliphatic carbocycles. The van der Waals surface area contributed by atoms with E-state index < -0.39 is 0 Å². The fourth-order valence-corrected chi connectivity index (χ4v) is 3.26. The van der Waals surface area contributed by atoms with Gasteiger partial charge in [0.2, 0.25) is 5.35 Å². The Kier molecular flexibility index (Phi) is 3.06. The SMILES string of the molecule is [C-]#[N+]C1=CC=CC(=c2c3ccc4ccccc4c3cc[n+]2=C)C1. The van der Waals surface area contributed by atoms with Gasteiger partial charge in [0.15, 0.2) is 11.9 Å². The third-order valence-electron chi connectivity index (χ3n) is 4.34. The molecule has 2 aromatic carbocycles. The highest BCUT2D eigenvalue weighted by Gasteiger charge is 2.13. The van der Waals surface area contributed by atoms with E-state index in [1.165, 1.54) is 21.5 Å². The van der Waals surface area contributed by atoms with Crippen molar-refractivity contribution in [1.29, 1.82) is 0 Å². The minimum Gasteiger partial charge on any atom is -0.242 e. The zero-order valence-corrected chi connectivity index (χ0v) is 12.7. The minimum atomic E-state index is 0.654. The van der Waals surface area contributed by atoms with Crippen molar-refractivity contribution in [3.8, 4) is 0 Å². The van der Waals surface area contributed by atoms with Crippen molar-refractivity contribution >= 4 is 27.1 Å². The van der Waals surface area contributed by atoms with Crippen LogP contribution in [0.2, 0.25) is 0 Å². The van der Waals surface area contributed by atoms with Gasteiger partial charge in [0.1, 0.15) is 6.72 Å². The van der Waals surface area contributed by atoms with E-state index in [2.05, 4.69) is 60.1 Å². The fraction of sp³-hybridized carbons (Fsp3) is 0.0476. The van der Waals surface area contributed by atoms with Crippen LogP contribution in [-0.2, 0) is 0 Å². The van der Waals surface area contributed by atoms with Crippen LogP contribution in [0, 0.1) is 13.3 Å². The highest BCUT2D eigenvalue weighted by molar-refractivity contribution is 6.07. The Morgan fingerprint density at radius 1 is 1.00 bits per heavy atom. The molecule has 1 aromatic heterocycles. The summed E-state index contributed by atoms with van der Waals surface area (Å²) in [6, 6.07) is 14.8. The van der Waals surface area contributed by atoms with E-state index in [0.717, 1.165) is 16.6 Å². The first-order chi connectivity index (χ1) is 11.3. The largest absolute Gasteiger partial charge is 0.242 e. The third-order valence-corrected chi connectivity index (χ3v) is 4.34. The second-order valence-electron chi connectivity index (χ2n) is 5.71. The van der Waals surface area contributed by atoms with Crippen LogP contribution in [0.25, 0.3) is 32.0 Å². The number of pyridine rings is 1. The van der Waals surface area contributed by atoms with Crippen molar-refractivity contribution in [2.24, 2.45) is 0 Å². The van der Waals surface area contributed by atoms with E-state index in [1.54, 1.807) is 0 Å². The fourth-order valence-electron chi connectivity index (χ4n) is 3.26. The van der Waals surface area contributed by atoms with Gasteiger partial charge in [-0.15, -0.1) is 0 Å². The highest BCUT2D eigenvalue weighted by atomic mass is 14.8. The number of rotatable bonds is 0. The molecule has 2 nitrogen and oxygen atoms in total. The molecular formula is C21H15N2+. The summed E-state index contributed by atoms with van der Waals surface area (Å²) in [7, 11) is 0. The van der Waals surface area contributed by atoms with Crippen LogP contribution in [0.3, 0.4) is 0 Å². The van der Waals surface area contributed by atoms with Gasteiger partial charge in [-0.2, -0.15) is 4.24 Å². The van der Waals surface area contributed by atoms with Gasteiger partial charge < -0.3 is 0 Å². The molecule has 0 unspecified atom stereocenters. The molecule has 3 aromatic rings. The number of benzene rings is 2. The maximum absolute atomic E-state index is 7.26. The summed E-state index contributed by atoms with van der Waals surface area (Å²) in [5, 5.41) is 5.95. The van der Waals surface area contributed by atoms with Crippen molar-refractivity contribution in [3.63, 3.8) is 0 Å². The molecule has 1 aliphatic rings. The van der Waals surface area contributed by atoms with Gasteiger partial charge in [0, 0.05) is 23.4 Å². The minimum absolute atomic E-state index is 0.654. The summed E-state index contributed by atoms with van der Waals surface area (Å²) in [6.45, 7) is 11.4.